The quantitative estimate of drug-likeness (QED) is 0.649. The summed E-state index contributed by atoms with van der Waals surface area (Å²) in [6, 6.07) is 6.62. The van der Waals surface area contributed by atoms with Crippen LogP contribution in [0.5, 0.6) is 0 Å². The van der Waals surface area contributed by atoms with Gasteiger partial charge in [-0.25, -0.2) is 4.79 Å². The first-order chi connectivity index (χ1) is 7.56. The highest BCUT2D eigenvalue weighted by Gasteiger charge is 2.20. The van der Waals surface area contributed by atoms with Gasteiger partial charge in [-0.05, 0) is 24.6 Å². The van der Waals surface area contributed by atoms with Crippen LogP contribution in [0.4, 0.5) is 5.69 Å². The predicted octanol–water partition coefficient (Wildman–Crippen LogP) is 2.87. The number of anilines is 1. The summed E-state index contributed by atoms with van der Waals surface area (Å²) >= 11 is 5.98. The zero-order valence-electron chi connectivity index (χ0n) is 9.29. The summed E-state index contributed by atoms with van der Waals surface area (Å²) in [7, 11) is 1.34. The molecule has 0 aliphatic carbocycles. The molecule has 0 aliphatic rings. The normalized spacial score (nSPS) is 11.7. The summed E-state index contributed by atoms with van der Waals surface area (Å²) in [5, 5.41) is 3.54. The number of esters is 1. The monoisotopic (exact) mass is 239 g/mol. The summed E-state index contributed by atoms with van der Waals surface area (Å²) in [6.45, 7) is 5.50. The molecule has 0 saturated carbocycles. The van der Waals surface area contributed by atoms with Crippen LogP contribution >= 0.6 is 11.6 Å². The van der Waals surface area contributed by atoms with Gasteiger partial charge in [-0.3, -0.25) is 0 Å². The van der Waals surface area contributed by atoms with E-state index in [9.17, 15) is 4.79 Å². The van der Waals surface area contributed by atoms with E-state index >= 15 is 0 Å². The Kier molecular flexibility index (Phi) is 4.38. The van der Waals surface area contributed by atoms with Gasteiger partial charge in [0.1, 0.15) is 6.04 Å². The van der Waals surface area contributed by atoms with Crippen molar-refractivity contribution in [1.29, 1.82) is 0 Å². The van der Waals surface area contributed by atoms with E-state index in [1.165, 1.54) is 7.11 Å². The molecule has 0 heterocycles. The largest absolute Gasteiger partial charge is 0.467 e. The molecule has 1 aromatic carbocycles. The minimum Gasteiger partial charge on any atom is -0.467 e. The minimum absolute atomic E-state index is 0.382. The second-order valence-corrected chi connectivity index (χ2v) is 3.83. The van der Waals surface area contributed by atoms with Crippen LogP contribution in [0.1, 0.15) is 6.92 Å². The molecule has 1 N–H and O–H groups in total. The summed E-state index contributed by atoms with van der Waals surface area (Å²) in [6.07, 6.45) is 0. The zero-order valence-corrected chi connectivity index (χ0v) is 10.0. The molecule has 0 aliphatic heterocycles. The highest BCUT2D eigenvalue weighted by atomic mass is 35.5. The standard InChI is InChI=1S/C12H14ClNO2/c1-8(2)11(12(15)16-3)14-10-7-5-4-6-9(10)13/h4-7,11,14H,1H2,2-3H3. The third kappa shape index (κ3) is 3.00. The highest BCUT2D eigenvalue weighted by molar-refractivity contribution is 6.33. The average molecular weight is 240 g/mol. The van der Waals surface area contributed by atoms with Gasteiger partial charge in [0, 0.05) is 0 Å². The van der Waals surface area contributed by atoms with Crippen molar-refractivity contribution in [1.82, 2.24) is 0 Å². The fourth-order valence-electron chi connectivity index (χ4n) is 1.23. The van der Waals surface area contributed by atoms with E-state index in [1.807, 2.05) is 12.1 Å². The summed E-state index contributed by atoms with van der Waals surface area (Å²) < 4.78 is 4.68. The summed E-state index contributed by atoms with van der Waals surface area (Å²) in [4.78, 5) is 11.5. The molecule has 4 heteroatoms. The molecule has 16 heavy (non-hydrogen) atoms. The van der Waals surface area contributed by atoms with E-state index in [-0.39, 0.29) is 5.97 Å². The van der Waals surface area contributed by atoms with E-state index in [0.717, 1.165) is 0 Å². The minimum atomic E-state index is -0.579. The Hall–Kier alpha value is -1.48. The van der Waals surface area contributed by atoms with Crippen LogP contribution in [0.25, 0.3) is 0 Å². The number of methoxy groups -OCH3 is 1. The number of para-hydroxylation sites is 1. The molecule has 0 aromatic heterocycles. The summed E-state index contributed by atoms with van der Waals surface area (Å²) in [5.41, 5.74) is 1.36. The second-order valence-electron chi connectivity index (χ2n) is 3.43. The molecule has 1 unspecified atom stereocenters. The molecular formula is C12H14ClNO2. The lowest BCUT2D eigenvalue weighted by Crippen LogP contribution is -2.31. The van der Waals surface area contributed by atoms with Gasteiger partial charge in [0.05, 0.1) is 17.8 Å². The Balaban J connectivity index is 2.88. The first-order valence-corrected chi connectivity index (χ1v) is 5.18. The third-order valence-electron chi connectivity index (χ3n) is 2.10. The Morgan fingerprint density at radius 1 is 1.50 bits per heavy atom. The fourth-order valence-corrected chi connectivity index (χ4v) is 1.43. The van der Waals surface area contributed by atoms with Crippen molar-refractivity contribution in [3.63, 3.8) is 0 Å². The lowest BCUT2D eigenvalue weighted by molar-refractivity contribution is -0.140. The van der Waals surface area contributed by atoms with Gasteiger partial charge in [0.2, 0.25) is 0 Å². The van der Waals surface area contributed by atoms with Gasteiger partial charge in [-0.15, -0.1) is 0 Å². The molecular weight excluding hydrogens is 226 g/mol. The van der Waals surface area contributed by atoms with E-state index < -0.39 is 6.04 Å². The van der Waals surface area contributed by atoms with Crippen molar-refractivity contribution >= 4 is 23.3 Å². The Morgan fingerprint density at radius 2 is 2.12 bits per heavy atom. The molecule has 1 rings (SSSR count). The number of nitrogens with one attached hydrogen (secondary N) is 1. The smallest absolute Gasteiger partial charge is 0.332 e. The van der Waals surface area contributed by atoms with Gasteiger partial charge >= 0.3 is 5.97 Å². The number of hydrogen-bond donors (Lipinski definition) is 1. The highest BCUT2D eigenvalue weighted by Crippen LogP contribution is 2.22. The molecule has 0 radical (unpaired) electrons. The molecule has 86 valence electrons. The molecule has 0 amide bonds. The van der Waals surface area contributed by atoms with Crippen molar-refractivity contribution in [2.24, 2.45) is 0 Å². The van der Waals surface area contributed by atoms with Gasteiger partial charge in [0.25, 0.3) is 0 Å². The SMILES string of the molecule is C=C(C)C(Nc1ccccc1Cl)C(=O)OC. The van der Waals surface area contributed by atoms with Crippen LogP contribution in [0.2, 0.25) is 5.02 Å². The van der Waals surface area contributed by atoms with E-state index in [4.69, 9.17) is 11.6 Å². The number of rotatable bonds is 4. The fraction of sp³-hybridized carbons (Fsp3) is 0.250. The first kappa shape index (κ1) is 12.6. The zero-order chi connectivity index (χ0) is 12.1. The van der Waals surface area contributed by atoms with Crippen LogP contribution in [-0.2, 0) is 9.53 Å². The Labute approximate surface area is 100 Å². The maximum absolute atomic E-state index is 11.5. The second kappa shape index (κ2) is 5.56. The average Bonchev–Trinajstić information content (AvgIpc) is 2.26. The molecule has 0 bridgehead atoms. The predicted molar refractivity (Wildman–Crippen MR) is 65.7 cm³/mol. The molecule has 1 aromatic rings. The third-order valence-corrected chi connectivity index (χ3v) is 2.43. The van der Waals surface area contributed by atoms with E-state index in [0.29, 0.717) is 16.3 Å². The van der Waals surface area contributed by atoms with E-state index in [2.05, 4.69) is 16.6 Å². The number of ether oxygens (including phenoxy) is 1. The van der Waals surface area contributed by atoms with Crippen LogP contribution < -0.4 is 5.32 Å². The van der Waals surface area contributed by atoms with Gasteiger partial charge < -0.3 is 10.1 Å². The lowest BCUT2D eigenvalue weighted by atomic mass is 10.1. The molecule has 0 spiro atoms. The number of carbonyl (C=O) groups excluding carboxylic acids is 1. The van der Waals surface area contributed by atoms with Crippen molar-refractivity contribution in [3.8, 4) is 0 Å². The molecule has 0 saturated heterocycles. The molecule has 1 atom stereocenters. The summed E-state index contributed by atoms with van der Waals surface area (Å²) in [5.74, 6) is -0.382. The number of halogens is 1. The van der Waals surface area contributed by atoms with Crippen LogP contribution in [0.15, 0.2) is 36.4 Å². The topological polar surface area (TPSA) is 38.3 Å². The van der Waals surface area contributed by atoms with Crippen molar-refractivity contribution in [2.45, 2.75) is 13.0 Å². The van der Waals surface area contributed by atoms with Gasteiger partial charge in [-0.2, -0.15) is 0 Å². The maximum Gasteiger partial charge on any atom is 0.332 e. The first-order valence-electron chi connectivity index (χ1n) is 4.80. The van der Waals surface area contributed by atoms with Gasteiger partial charge in [0.15, 0.2) is 0 Å². The Morgan fingerprint density at radius 3 is 2.62 bits per heavy atom. The Bertz CT molecular complexity index is 404. The van der Waals surface area contributed by atoms with Crippen LogP contribution in [0, 0.1) is 0 Å². The number of carbonyl (C=O) groups is 1. The van der Waals surface area contributed by atoms with Crippen LogP contribution in [0.3, 0.4) is 0 Å². The van der Waals surface area contributed by atoms with E-state index in [1.54, 1.807) is 19.1 Å². The van der Waals surface area contributed by atoms with Crippen molar-refractivity contribution in [3.05, 3.63) is 41.4 Å². The number of benzene rings is 1. The van der Waals surface area contributed by atoms with Crippen molar-refractivity contribution in [2.75, 3.05) is 12.4 Å². The van der Waals surface area contributed by atoms with Crippen molar-refractivity contribution < 1.29 is 9.53 Å². The molecule has 3 nitrogen and oxygen atoms in total. The lowest BCUT2D eigenvalue weighted by Gasteiger charge is -2.18. The number of hydrogen-bond acceptors (Lipinski definition) is 3. The van der Waals surface area contributed by atoms with Gasteiger partial charge in [-0.1, -0.05) is 30.3 Å². The van der Waals surface area contributed by atoms with Crippen LogP contribution in [-0.4, -0.2) is 19.1 Å². The maximum atomic E-state index is 11.5. The molecule has 0 fully saturated rings.